The number of benzene rings is 1. The number of aromatic nitrogens is 2. The highest BCUT2D eigenvalue weighted by molar-refractivity contribution is 6.33. The normalized spacial score (nSPS) is 9.59. The molecule has 0 amide bonds. The van der Waals surface area contributed by atoms with Crippen LogP contribution in [0.1, 0.15) is 0 Å². The molecule has 0 aliphatic heterocycles. The summed E-state index contributed by atoms with van der Waals surface area (Å²) in [6, 6.07) is 6.94. The second-order valence-corrected chi connectivity index (χ2v) is 3.69. The molecule has 0 aliphatic rings. The van der Waals surface area contributed by atoms with E-state index in [4.69, 9.17) is 23.2 Å². The van der Waals surface area contributed by atoms with Gasteiger partial charge >= 0.3 is 0 Å². The molecule has 0 radical (unpaired) electrons. The monoisotopic (exact) mass is 293 g/mol. The molecule has 0 saturated heterocycles. The lowest BCUT2D eigenvalue weighted by molar-refractivity contribution is 0.619. The summed E-state index contributed by atoms with van der Waals surface area (Å²) in [5.41, 5.74) is 0.554. The molecule has 3 nitrogen and oxygen atoms in total. The molecule has 0 aliphatic carbocycles. The van der Waals surface area contributed by atoms with Crippen LogP contribution in [-0.2, 0) is 0 Å². The van der Waals surface area contributed by atoms with E-state index in [-0.39, 0.29) is 23.5 Å². The van der Waals surface area contributed by atoms with E-state index in [1.807, 2.05) is 0 Å². The number of halogens is 4. The summed E-state index contributed by atoms with van der Waals surface area (Å²) in [5.74, 6) is -0.600. The number of nitrogens with one attached hydrogen (secondary N) is 1. The molecule has 0 spiro atoms. The predicted molar refractivity (Wildman–Crippen MR) is 69.0 cm³/mol. The molecule has 2 rings (SSSR count). The van der Waals surface area contributed by atoms with Crippen LogP contribution in [0.25, 0.3) is 0 Å². The van der Waals surface area contributed by atoms with Crippen LogP contribution in [0.3, 0.4) is 0 Å². The second-order valence-electron chi connectivity index (χ2n) is 2.94. The molecule has 0 atom stereocenters. The van der Waals surface area contributed by atoms with Crippen molar-refractivity contribution in [3.8, 4) is 0 Å². The minimum absolute atomic E-state index is 0. The van der Waals surface area contributed by atoms with Crippen LogP contribution in [0.15, 0.2) is 30.5 Å². The van der Waals surface area contributed by atoms with Crippen LogP contribution in [-0.4, -0.2) is 9.97 Å². The number of para-hydroxylation sites is 1. The van der Waals surface area contributed by atoms with Gasteiger partial charge in [-0.05, 0) is 23.7 Å². The molecule has 1 N–H and O–H groups in total. The Hall–Kier alpha value is -1.10. The van der Waals surface area contributed by atoms with Crippen molar-refractivity contribution >= 4 is 47.1 Å². The van der Waals surface area contributed by atoms with E-state index in [1.54, 1.807) is 24.3 Å². The molecule has 17 heavy (non-hydrogen) atoms. The molecule has 90 valence electrons. The highest BCUT2D eigenvalue weighted by Crippen LogP contribution is 2.25. The Morgan fingerprint density at radius 2 is 1.88 bits per heavy atom. The zero-order valence-electron chi connectivity index (χ0n) is 8.32. The number of rotatable bonds is 2. The van der Waals surface area contributed by atoms with Crippen molar-refractivity contribution in [2.45, 2.75) is 0 Å². The van der Waals surface area contributed by atoms with E-state index in [2.05, 4.69) is 15.3 Å². The van der Waals surface area contributed by atoms with Crippen molar-refractivity contribution in [2.75, 3.05) is 5.32 Å². The van der Waals surface area contributed by atoms with E-state index >= 15 is 0 Å². The van der Waals surface area contributed by atoms with Crippen LogP contribution in [0.4, 0.5) is 15.9 Å². The highest BCUT2D eigenvalue weighted by atomic mass is 35.5. The lowest BCUT2D eigenvalue weighted by atomic mass is 10.3. The first kappa shape index (κ1) is 14.0. The maximum Gasteiger partial charge on any atom is 0.224 e. The summed E-state index contributed by atoms with van der Waals surface area (Å²) in [5, 5.41) is 3.18. The smallest absolute Gasteiger partial charge is 0.224 e. The largest absolute Gasteiger partial charge is 0.336 e. The molecular weight excluding hydrogens is 287 g/mol. The van der Waals surface area contributed by atoms with Crippen LogP contribution in [0, 0.1) is 5.82 Å². The molecule has 7 heteroatoms. The van der Waals surface area contributed by atoms with E-state index in [9.17, 15) is 4.39 Å². The van der Waals surface area contributed by atoms with Gasteiger partial charge in [0.25, 0.3) is 0 Å². The maximum atomic E-state index is 13.3. The van der Waals surface area contributed by atoms with Gasteiger partial charge in [-0.2, -0.15) is 4.98 Å². The molecule has 2 aromatic rings. The van der Waals surface area contributed by atoms with Crippen molar-refractivity contribution in [2.24, 2.45) is 0 Å². The first-order valence-electron chi connectivity index (χ1n) is 4.36. The Bertz CT molecular complexity index is 522. The molecule has 0 unspecified atom stereocenters. The van der Waals surface area contributed by atoms with Crippen LogP contribution < -0.4 is 5.32 Å². The van der Waals surface area contributed by atoms with E-state index in [0.29, 0.717) is 10.7 Å². The van der Waals surface area contributed by atoms with Gasteiger partial charge in [-0.3, -0.25) is 0 Å². The maximum absolute atomic E-state index is 13.3. The lowest BCUT2D eigenvalue weighted by Crippen LogP contribution is -1.99. The minimum atomic E-state index is -0.593. The van der Waals surface area contributed by atoms with Crippen molar-refractivity contribution in [1.29, 1.82) is 0 Å². The van der Waals surface area contributed by atoms with E-state index in [1.165, 1.54) is 0 Å². The van der Waals surface area contributed by atoms with Crippen LogP contribution in [0.5, 0.6) is 0 Å². The van der Waals surface area contributed by atoms with Crippen molar-refractivity contribution in [3.63, 3.8) is 0 Å². The third-order valence-corrected chi connectivity index (χ3v) is 2.35. The second kappa shape index (κ2) is 6.00. The quantitative estimate of drug-likeness (QED) is 0.848. The van der Waals surface area contributed by atoms with Gasteiger partial charge in [0.2, 0.25) is 5.28 Å². The molecular formula is C10H7Cl3FN3. The Labute approximate surface area is 113 Å². The Morgan fingerprint density at radius 3 is 2.59 bits per heavy atom. The first-order chi connectivity index (χ1) is 7.66. The summed E-state index contributed by atoms with van der Waals surface area (Å²) in [6.45, 7) is 0. The Morgan fingerprint density at radius 1 is 1.18 bits per heavy atom. The third kappa shape index (κ3) is 3.43. The summed E-state index contributed by atoms with van der Waals surface area (Å²) in [7, 11) is 0. The van der Waals surface area contributed by atoms with Gasteiger partial charge in [0.15, 0.2) is 11.6 Å². The first-order valence-corrected chi connectivity index (χ1v) is 5.12. The number of nitrogens with zero attached hydrogens (tertiary/aromatic N) is 2. The summed E-state index contributed by atoms with van der Waals surface area (Å²) in [6.07, 6.45) is 0.995. The number of anilines is 2. The molecule has 1 aromatic carbocycles. The Balaban J connectivity index is 0.00000144. The fourth-order valence-corrected chi connectivity index (χ4v) is 1.44. The molecule has 1 aromatic heterocycles. The van der Waals surface area contributed by atoms with Crippen molar-refractivity contribution in [1.82, 2.24) is 9.97 Å². The van der Waals surface area contributed by atoms with E-state index in [0.717, 1.165) is 6.20 Å². The number of hydrogen-bond acceptors (Lipinski definition) is 3. The molecule has 1 heterocycles. The van der Waals surface area contributed by atoms with Gasteiger partial charge in [-0.15, -0.1) is 12.4 Å². The predicted octanol–water partition coefficient (Wildman–Crippen LogP) is 4.09. The van der Waals surface area contributed by atoms with Gasteiger partial charge in [-0.25, -0.2) is 9.37 Å². The average Bonchev–Trinajstić information content (AvgIpc) is 2.27. The topological polar surface area (TPSA) is 37.8 Å². The van der Waals surface area contributed by atoms with Crippen molar-refractivity contribution in [3.05, 3.63) is 46.6 Å². The minimum Gasteiger partial charge on any atom is -0.336 e. The van der Waals surface area contributed by atoms with E-state index < -0.39 is 5.82 Å². The van der Waals surface area contributed by atoms with Gasteiger partial charge in [-0.1, -0.05) is 23.7 Å². The summed E-state index contributed by atoms with van der Waals surface area (Å²) in [4.78, 5) is 7.23. The molecule has 0 bridgehead atoms. The zero-order valence-corrected chi connectivity index (χ0v) is 10.7. The fraction of sp³-hybridized carbons (Fsp3) is 0. The third-order valence-electron chi connectivity index (χ3n) is 1.84. The van der Waals surface area contributed by atoms with Gasteiger partial charge in [0.1, 0.15) is 0 Å². The SMILES string of the molecule is Cl.Fc1cnc(Cl)nc1Nc1ccccc1Cl. The zero-order chi connectivity index (χ0) is 11.5. The van der Waals surface area contributed by atoms with Crippen LogP contribution in [0.2, 0.25) is 10.3 Å². The van der Waals surface area contributed by atoms with Gasteiger partial charge in [0.05, 0.1) is 16.9 Å². The fourth-order valence-electron chi connectivity index (χ4n) is 1.12. The Kier molecular flexibility index (Phi) is 4.93. The number of hydrogen-bond donors (Lipinski definition) is 1. The van der Waals surface area contributed by atoms with Gasteiger partial charge in [0, 0.05) is 0 Å². The van der Waals surface area contributed by atoms with Crippen molar-refractivity contribution < 1.29 is 4.39 Å². The van der Waals surface area contributed by atoms with Gasteiger partial charge < -0.3 is 5.32 Å². The average molecular weight is 295 g/mol. The highest BCUT2D eigenvalue weighted by Gasteiger charge is 2.07. The standard InChI is InChI=1S/C10H6Cl2FN3.ClH/c11-6-3-1-2-4-8(6)15-9-7(13)5-14-10(12)16-9;/h1-5H,(H,14,15,16);1H. The molecule has 0 saturated carbocycles. The lowest BCUT2D eigenvalue weighted by Gasteiger charge is -2.07. The summed E-state index contributed by atoms with van der Waals surface area (Å²) < 4.78 is 13.3. The summed E-state index contributed by atoms with van der Waals surface area (Å²) >= 11 is 11.5. The molecule has 0 fully saturated rings. The van der Waals surface area contributed by atoms with Crippen LogP contribution >= 0.6 is 35.6 Å².